The summed E-state index contributed by atoms with van der Waals surface area (Å²) in [5.74, 6) is -1.38. The molecule has 0 atom stereocenters. The van der Waals surface area contributed by atoms with E-state index in [-0.39, 0.29) is 5.39 Å². The fourth-order valence-corrected chi connectivity index (χ4v) is 3.05. The van der Waals surface area contributed by atoms with Crippen LogP contribution >= 0.6 is 0 Å². The molecule has 0 fully saturated rings. The Bertz CT molecular complexity index is 1270. The molecule has 6 heteroatoms. The maximum atomic E-state index is 12.8. The summed E-state index contributed by atoms with van der Waals surface area (Å²) in [5, 5.41) is 14.2. The van der Waals surface area contributed by atoms with Gasteiger partial charge in [0.05, 0.1) is 5.52 Å². The number of carbonyl (C=O) groups is 2. The first kappa shape index (κ1) is 16.5. The molecule has 0 saturated heterocycles. The van der Waals surface area contributed by atoms with Gasteiger partial charge in [-0.05, 0) is 35.0 Å². The Balaban J connectivity index is 1.81. The fraction of sp³-hybridized carbons (Fsp3) is 0. The average Bonchev–Trinajstić information content (AvgIpc) is 2.68. The number of para-hydroxylation sites is 1. The number of carboxylic acid groups (broad SMARTS) is 1. The molecule has 4 aromatic rings. The summed E-state index contributed by atoms with van der Waals surface area (Å²) in [7, 11) is 0. The highest BCUT2D eigenvalue weighted by molar-refractivity contribution is 6.01. The van der Waals surface area contributed by atoms with Crippen molar-refractivity contribution in [3.05, 3.63) is 88.7 Å². The molecule has 6 nitrogen and oxygen atoms in total. The number of amides is 1. The number of nitrogens with one attached hydrogen (secondary N) is 1. The van der Waals surface area contributed by atoms with E-state index < -0.39 is 23.0 Å². The summed E-state index contributed by atoms with van der Waals surface area (Å²) in [6.45, 7) is 0. The summed E-state index contributed by atoms with van der Waals surface area (Å²) in [6.07, 6.45) is 1.06. The molecule has 1 aromatic heterocycles. The van der Waals surface area contributed by atoms with Crippen LogP contribution in [0.1, 0.15) is 10.4 Å². The second-order valence-corrected chi connectivity index (χ2v) is 6.06. The van der Waals surface area contributed by atoms with Crippen LogP contribution in [0.4, 0.5) is 10.5 Å². The van der Waals surface area contributed by atoms with Crippen LogP contribution in [0.2, 0.25) is 0 Å². The van der Waals surface area contributed by atoms with Crippen molar-refractivity contribution in [1.29, 1.82) is 0 Å². The summed E-state index contributed by atoms with van der Waals surface area (Å²) >= 11 is 0. The van der Waals surface area contributed by atoms with Crippen LogP contribution in [0.5, 0.6) is 0 Å². The number of rotatable bonds is 2. The van der Waals surface area contributed by atoms with E-state index >= 15 is 0 Å². The predicted octanol–water partition coefficient (Wildman–Crippen LogP) is 3.93. The number of anilines is 1. The maximum absolute atomic E-state index is 12.8. The molecule has 0 radical (unpaired) electrons. The minimum Gasteiger partial charge on any atom is -0.477 e. The third-order valence-corrected chi connectivity index (χ3v) is 4.36. The number of benzene rings is 3. The van der Waals surface area contributed by atoms with Gasteiger partial charge in [0.2, 0.25) is 5.43 Å². The molecule has 0 bridgehead atoms. The molecule has 0 saturated carbocycles. The molecule has 0 aliphatic heterocycles. The Kier molecular flexibility index (Phi) is 3.93. The normalized spacial score (nSPS) is 10.8. The first-order valence-electron chi connectivity index (χ1n) is 8.22. The monoisotopic (exact) mass is 358 g/mol. The third kappa shape index (κ3) is 2.93. The molecule has 4 rings (SSSR count). The summed E-state index contributed by atoms with van der Waals surface area (Å²) in [6, 6.07) is 19.1. The number of hydrogen-bond donors (Lipinski definition) is 2. The molecule has 132 valence electrons. The van der Waals surface area contributed by atoms with Crippen LogP contribution in [-0.2, 0) is 0 Å². The van der Waals surface area contributed by atoms with Crippen LogP contribution in [0.25, 0.3) is 21.7 Å². The van der Waals surface area contributed by atoms with Crippen LogP contribution < -0.4 is 10.7 Å². The molecule has 1 heterocycles. The van der Waals surface area contributed by atoms with E-state index in [2.05, 4.69) is 5.32 Å². The standard InChI is InChI=1S/C21H14N2O4/c24-19-16-7-3-4-8-18(16)23(12-17(19)20(25)26)21(27)22-15-10-9-13-5-1-2-6-14(13)11-15/h1-12H,(H,22,27)(H,25,26). The smallest absolute Gasteiger partial charge is 0.341 e. The van der Waals surface area contributed by atoms with Crippen molar-refractivity contribution in [1.82, 2.24) is 4.57 Å². The molecule has 0 unspecified atom stereocenters. The number of carboxylic acids is 1. The van der Waals surface area contributed by atoms with Gasteiger partial charge in [-0.1, -0.05) is 42.5 Å². The number of fused-ring (bicyclic) bond motifs is 2. The van der Waals surface area contributed by atoms with Gasteiger partial charge in [0.15, 0.2) is 0 Å². The molecular weight excluding hydrogens is 344 g/mol. The van der Waals surface area contributed by atoms with Crippen LogP contribution in [0.15, 0.2) is 77.7 Å². The molecule has 0 spiro atoms. The second kappa shape index (κ2) is 6.42. The van der Waals surface area contributed by atoms with Crippen molar-refractivity contribution in [3.63, 3.8) is 0 Å². The molecule has 0 aliphatic rings. The Labute approximate surface area is 153 Å². The first-order chi connectivity index (χ1) is 13.0. The average molecular weight is 358 g/mol. The lowest BCUT2D eigenvalue weighted by molar-refractivity contribution is 0.0695. The number of aromatic carboxylic acids is 1. The SMILES string of the molecule is O=C(O)c1cn(C(=O)Nc2ccc3ccccc3c2)c2ccccc2c1=O. The highest BCUT2D eigenvalue weighted by Gasteiger charge is 2.17. The fourth-order valence-electron chi connectivity index (χ4n) is 3.05. The van der Waals surface area contributed by atoms with Gasteiger partial charge in [0, 0.05) is 17.3 Å². The Morgan fingerprint density at radius 3 is 2.37 bits per heavy atom. The Hall–Kier alpha value is -3.93. The van der Waals surface area contributed by atoms with Crippen LogP contribution in [-0.4, -0.2) is 21.7 Å². The van der Waals surface area contributed by atoms with E-state index in [1.165, 1.54) is 6.07 Å². The van der Waals surface area contributed by atoms with E-state index in [0.29, 0.717) is 11.2 Å². The minimum atomic E-state index is -1.38. The molecule has 3 aromatic carbocycles. The quantitative estimate of drug-likeness (QED) is 0.568. The number of nitrogens with zero attached hydrogens (tertiary/aromatic N) is 1. The molecule has 1 amide bonds. The van der Waals surface area contributed by atoms with Crippen molar-refractivity contribution in [2.45, 2.75) is 0 Å². The summed E-state index contributed by atoms with van der Waals surface area (Å²) < 4.78 is 1.15. The van der Waals surface area contributed by atoms with E-state index in [1.54, 1.807) is 24.3 Å². The summed E-state index contributed by atoms with van der Waals surface area (Å²) in [4.78, 5) is 36.5. The van der Waals surface area contributed by atoms with Gasteiger partial charge in [-0.3, -0.25) is 9.36 Å². The molecule has 27 heavy (non-hydrogen) atoms. The minimum absolute atomic E-state index is 0.172. The zero-order valence-electron chi connectivity index (χ0n) is 14.0. The highest BCUT2D eigenvalue weighted by Crippen LogP contribution is 2.20. The zero-order chi connectivity index (χ0) is 19.0. The molecule has 0 aliphatic carbocycles. The predicted molar refractivity (Wildman–Crippen MR) is 104 cm³/mol. The van der Waals surface area contributed by atoms with Crippen LogP contribution in [0, 0.1) is 0 Å². The molecule has 2 N–H and O–H groups in total. The third-order valence-electron chi connectivity index (χ3n) is 4.36. The first-order valence-corrected chi connectivity index (χ1v) is 8.22. The van der Waals surface area contributed by atoms with Crippen molar-refractivity contribution < 1.29 is 14.7 Å². The number of carbonyl (C=O) groups excluding carboxylic acids is 1. The number of pyridine rings is 1. The van der Waals surface area contributed by atoms with Gasteiger partial charge in [0.25, 0.3) is 0 Å². The highest BCUT2D eigenvalue weighted by atomic mass is 16.4. The Morgan fingerprint density at radius 2 is 1.59 bits per heavy atom. The zero-order valence-corrected chi connectivity index (χ0v) is 14.0. The Morgan fingerprint density at radius 1 is 0.889 bits per heavy atom. The van der Waals surface area contributed by atoms with Crippen LogP contribution in [0.3, 0.4) is 0 Å². The van der Waals surface area contributed by atoms with Gasteiger partial charge in [-0.15, -0.1) is 0 Å². The van der Waals surface area contributed by atoms with Gasteiger partial charge in [-0.25, -0.2) is 9.59 Å². The molecular formula is C21H14N2O4. The van der Waals surface area contributed by atoms with Gasteiger partial charge >= 0.3 is 12.0 Å². The number of aromatic nitrogens is 1. The van der Waals surface area contributed by atoms with E-state index in [9.17, 15) is 19.5 Å². The van der Waals surface area contributed by atoms with Gasteiger partial charge in [0.1, 0.15) is 5.56 Å². The van der Waals surface area contributed by atoms with Gasteiger partial charge in [-0.2, -0.15) is 0 Å². The lowest BCUT2D eigenvalue weighted by Gasteiger charge is -2.12. The largest absolute Gasteiger partial charge is 0.477 e. The second-order valence-electron chi connectivity index (χ2n) is 6.06. The van der Waals surface area contributed by atoms with E-state index in [4.69, 9.17) is 0 Å². The van der Waals surface area contributed by atoms with Crippen molar-refractivity contribution >= 4 is 39.4 Å². The van der Waals surface area contributed by atoms with Crippen molar-refractivity contribution in [2.24, 2.45) is 0 Å². The van der Waals surface area contributed by atoms with Gasteiger partial charge < -0.3 is 10.4 Å². The summed E-state index contributed by atoms with van der Waals surface area (Å²) in [5.41, 5.74) is -0.167. The topological polar surface area (TPSA) is 88.4 Å². The van der Waals surface area contributed by atoms with Crippen molar-refractivity contribution in [3.8, 4) is 0 Å². The lowest BCUT2D eigenvalue weighted by Crippen LogP contribution is -2.25. The lowest BCUT2D eigenvalue weighted by atomic mass is 10.1. The van der Waals surface area contributed by atoms with Crippen molar-refractivity contribution in [2.75, 3.05) is 5.32 Å². The van der Waals surface area contributed by atoms with E-state index in [1.807, 2.05) is 36.4 Å². The maximum Gasteiger partial charge on any atom is 0.341 e. The van der Waals surface area contributed by atoms with E-state index in [0.717, 1.165) is 21.5 Å². The number of hydrogen-bond acceptors (Lipinski definition) is 3.